The molecule has 0 aliphatic rings. The molecule has 6 nitrogen and oxygen atoms in total. The van der Waals surface area contributed by atoms with Crippen molar-refractivity contribution in [1.29, 1.82) is 0 Å². The number of rotatable bonds is 7. The highest BCUT2D eigenvalue weighted by atomic mass is 32.2. The fourth-order valence-electron chi connectivity index (χ4n) is 2.73. The Morgan fingerprint density at radius 2 is 1.75 bits per heavy atom. The zero-order chi connectivity index (χ0) is 20.0. The van der Waals surface area contributed by atoms with Crippen LogP contribution in [0, 0.1) is 6.92 Å². The Balaban J connectivity index is 1.74. The van der Waals surface area contributed by atoms with Crippen LogP contribution in [0.2, 0.25) is 0 Å². The minimum atomic E-state index is -3.67. The fourth-order valence-corrected chi connectivity index (χ4v) is 4.05. The standard InChI is InChI=1S/C21H21N3O3S/c1-16-7-2-3-9-18(16)15-28(26,27)24-20-11-5-4-10-19(20)21(25)23-14-17-8-6-12-22-13-17/h2-13,24H,14-15H2,1H3,(H,23,25). The largest absolute Gasteiger partial charge is 0.348 e. The average Bonchev–Trinajstić information content (AvgIpc) is 2.69. The molecule has 3 rings (SSSR count). The van der Waals surface area contributed by atoms with Gasteiger partial charge in [-0.15, -0.1) is 0 Å². The highest BCUT2D eigenvalue weighted by molar-refractivity contribution is 7.91. The summed E-state index contributed by atoms with van der Waals surface area (Å²) in [4.78, 5) is 16.6. The van der Waals surface area contributed by atoms with E-state index < -0.39 is 10.0 Å². The Kier molecular flexibility index (Phi) is 6.06. The topological polar surface area (TPSA) is 88.2 Å². The number of anilines is 1. The van der Waals surface area contributed by atoms with Gasteiger partial charge >= 0.3 is 0 Å². The Bertz CT molecular complexity index is 1070. The molecular formula is C21H21N3O3S. The van der Waals surface area contributed by atoms with Crippen molar-refractivity contribution in [2.45, 2.75) is 19.2 Å². The van der Waals surface area contributed by atoms with E-state index in [4.69, 9.17) is 0 Å². The molecule has 0 fully saturated rings. The maximum atomic E-state index is 12.6. The van der Waals surface area contributed by atoms with Gasteiger partial charge in [-0.2, -0.15) is 0 Å². The first-order valence-corrected chi connectivity index (χ1v) is 10.4. The second kappa shape index (κ2) is 8.67. The van der Waals surface area contributed by atoms with Gasteiger partial charge in [0.05, 0.1) is 17.0 Å². The first-order chi connectivity index (χ1) is 13.4. The molecule has 28 heavy (non-hydrogen) atoms. The van der Waals surface area contributed by atoms with Crippen LogP contribution < -0.4 is 10.0 Å². The molecule has 0 bridgehead atoms. The summed E-state index contributed by atoms with van der Waals surface area (Å²) in [6, 6.07) is 17.5. The summed E-state index contributed by atoms with van der Waals surface area (Å²) < 4.78 is 27.8. The van der Waals surface area contributed by atoms with Crippen molar-refractivity contribution in [3.05, 3.63) is 95.3 Å². The van der Waals surface area contributed by atoms with Crippen molar-refractivity contribution in [3.8, 4) is 0 Å². The maximum absolute atomic E-state index is 12.6. The van der Waals surface area contributed by atoms with Crippen LogP contribution in [0.3, 0.4) is 0 Å². The van der Waals surface area contributed by atoms with Crippen LogP contribution in [0.4, 0.5) is 5.69 Å². The molecule has 0 saturated heterocycles. The van der Waals surface area contributed by atoms with Gasteiger partial charge in [-0.25, -0.2) is 8.42 Å². The van der Waals surface area contributed by atoms with E-state index in [2.05, 4.69) is 15.0 Å². The predicted octanol–water partition coefficient (Wildman–Crippen LogP) is 3.26. The number of hydrogen-bond acceptors (Lipinski definition) is 4. The van der Waals surface area contributed by atoms with Gasteiger partial charge in [-0.3, -0.25) is 14.5 Å². The Hall–Kier alpha value is -3.19. The normalized spacial score (nSPS) is 11.0. The number of benzene rings is 2. The number of nitrogens with zero attached hydrogens (tertiary/aromatic N) is 1. The molecule has 1 aromatic heterocycles. The van der Waals surface area contributed by atoms with Crippen LogP contribution in [-0.2, 0) is 22.3 Å². The van der Waals surface area contributed by atoms with E-state index in [0.717, 1.165) is 11.1 Å². The summed E-state index contributed by atoms with van der Waals surface area (Å²) in [6.45, 7) is 2.17. The molecule has 0 aliphatic carbocycles. The van der Waals surface area contributed by atoms with Crippen LogP contribution in [0.15, 0.2) is 73.1 Å². The Morgan fingerprint density at radius 3 is 2.50 bits per heavy atom. The van der Waals surface area contributed by atoms with E-state index in [1.54, 1.807) is 54.9 Å². The van der Waals surface area contributed by atoms with Gasteiger partial charge in [-0.05, 0) is 41.8 Å². The number of sulfonamides is 1. The minimum absolute atomic E-state index is 0.161. The number of carbonyl (C=O) groups is 1. The van der Waals surface area contributed by atoms with Gasteiger partial charge in [0.1, 0.15) is 0 Å². The molecule has 0 radical (unpaired) electrons. The quantitative estimate of drug-likeness (QED) is 0.643. The molecule has 3 aromatic rings. The van der Waals surface area contributed by atoms with Gasteiger partial charge in [0.15, 0.2) is 0 Å². The van der Waals surface area contributed by atoms with E-state index in [1.807, 2.05) is 25.1 Å². The second-order valence-electron chi connectivity index (χ2n) is 6.38. The van der Waals surface area contributed by atoms with Gasteiger partial charge in [-0.1, -0.05) is 42.5 Å². The van der Waals surface area contributed by atoms with Crippen LogP contribution >= 0.6 is 0 Å². The molecule has 0 aliphatic heterocycles. The van der Waals surface area contributed by atoms with Crippen LogP contribution in [0.1, 0.15) is 27.0 Å². The van der Waals surface area contributed by atoms with Gasteiger partial charge < -0.3 is 5.32 Å². The molecular weight excluding hydrogens is 374 g/mol. The lowest BCUT2D eigenvalue weighted by atomic mass is 10.1. The molecule has 0 atom stereocenters. The number of aromatic nitrogens is 1. The number of aryl methyl sites for hydroxylation is 1. The first-order valence-electron chi connectivity index (χ1n) is 8.76. The van der Waals surface area contributed by atoms with Crippen molar-refractivity contribution in [3.63, 3.8) is 0 Å². The number of para-hydroxylation sites is 1. The fraction of sp³-hybridized carbons (Fsp3) is 0.143. The highest BCUT2D eigenvalue weighted by Crippen LogP contribution is 2.19. The third-order valence-electron chi connectivity index (χ3n) is 4.22. The smallest absolute Gasteiger partial charge is 0.253 e. The third-order valence-corrected chi connectivity index (χ3v) is 5.44. The summed E-state index contributed by atoms with van der Waals surface area (Å²) in [6.07, 6.45) is 3.32. The zero-order valence-electron chi connectivity index (χ0n) is 15.4. The van der Waals surface area contributed by atoms with Gasteiger partial charge in [0.2, 0.25) is 10.0 Å². The SMILES string of the molecule is Cc1ccccc1CS(=O)(=O)Nc1ccccc1C(=O)NCc1cccnc1. The van der Waals surface area contributed by atoms with Crippen LogP contribution in [-0.4, -0.2) is 19.3 Å². The average molecular weight is 395 g/mol. The van der Waals surface area contributed by atoms with Crippen molar-refractivity contribution >= 4 is 21.6 Å². The Labute approximate surface area is 164 Å². The summed E-state index contributed by atoms with van der Waals surface area (Å²) in [5.41, 5.74) is 2.98. The number of nitrogens with one attached hydrogen (secondary N) is 2. The lowest BCUT2D eigenvalue weighted by Crippen LogP contribution is -2.25. The maximum Gasteiger partial charge on any atom is 0.253 e. The van der Waals surface area contributed by atoms with Crippen LogP contribution in [0.5, 0.6) is 0 Å². The lowest BCUT2D eigenvalue weighted by molar-refractivity contribution is 0.0952. The second-order valence-corrected chi connectivity index (χ2v) is 8.10. The van der Waals surface area contributed by atoms with Crippen molar-refractivity contribution < 1.29 is 13.2 Å². The summed E-state index contributed by atoms with van der Waals surface area (Å²) in [5, 5.41) is 2.79. The molecule has 7 heteroatoms. The van der Waals surface area contributed by atoms with E-state index in [0.29, 0.717) is 12.1 Å². The molecule has 2 aromatic carbocycles. The number of pyridine rings is 1. The summed E-state index contributed by atoms with van der Waals surface area (Å²) in [7, 11) is -3.67. The first kappa shape index (κ1) is 19.6. The minimum Gasteiger partial charge on any atom is -0.348 e. The van der Waals surface area contributed by atoms with E-state index >= 15 is 0 Å². The van der Waals surface area contributed by atoms with Crippen molar-refractivity contribution in [2.24, 2.45) is 0 Å². The Morgan fingerprint density at radius 1 is 1.00 bits per heavy atom. The van der Waals surface area contributed by atoms with Crippen molar-refractivity contribution in [2.75, 3.05) is 4.72 Å². The van der Waals surface area contributed by atoms with Gasteiger partial charge in [0.25, 0.3) is 5.91 Å². The van der Waals surface area contributed by atoms with E-state index in [9.17, 15) is 13.2 Å². The molecule has 144 valence electrons. The summed E-state index contributed by atoms with van der Waals surface area (Å²) in [5.74, 6) is -0.524. The number of amides is 1. The molecule has 1 amide bonds. The number of carbonyl (C=O) groups excluding carboxylic acids is 1. The number of hydrogen-bond donors (Lipinski definition) is 2. The zero-order valence-corrected chi connectivity index (χ0v) is 16.2. The molecule has 2 N–H and O–H groups in total. The monoisotopic (exact) mass is 395 g/mol. The van der Waals surface area contributed by atoms with Crippen LogP contribution in [0.25, 0.3) is 0 Å². The summed E-state index contributed by atoms with van der Waals surface area (Å²) >= 11 is 0. The molecule has 0 unspecified atom stereocenters. The van der Waals surface area contributed by atoms with Crippen molar-refractivity contribution in [1.82, 2.24) is 10.3 Å². The lowest BCUT2D eigenvalue weighted by Gasteiger charge is -2.13. The molecule has 1 heterocycles. The van der Waals surface area contributed by atoms with E-state index in [-0.39, 0.29) is 22.9 Å². The molecule has 0 saturated carbocycles. The third kappa shape index (κ3) is 5.17. The molecule has 0 spiro atoms. The predicted molar refractivity (Wildman–Crippen MR) is 109 cm³/mol. The highest BCUT2D eigenvalue weighted by Gasteiger charge is 2.17. The van der Waals surface area contributed by atoms with E-state index in [1.165, 1.54) is 0 Å². The van der Waals surface area contributed by atoms with Gasteiger partial charge in [0, 0.05) is 18.9 Å².